The molecule has 0 radical (unpaired) electrons. The van der Waals surface area contributed by atoms with E-state index >= 15 is 0 Å². The van der Waals surface area contributed by atoms with Crippen molar-refractivity contribution in [1.29, 1.82) is 0 Å². The van der Waals surface area contributed by atoms with E-state index in [1.807, 2.05) is 159 Å². The van der Waals surface area contributed by atoms with Gasteiger partial charge in [-0.15, -0.1) is 0 Å². The molecule has 0 saturated carbocycles. The van der Waals surface area contributed by atoms with Gasteiger partial charge in [0.2, 0.25) is 0 Å². The Morgan fingerprint density at radius 2 is 0.536 bits per heavy atom. The molecule has 56 heavy (non-hydrogen) atoms. The topological polar surface area (TPSA) is 92.3 Å². The monoisotopic (exact) mass is 770 g/mol. The molecule has 0 aliphatic carbocycles. The van der Waals surface area contributed by atoms with Crippen molar-refractivity contribution in [1.82, 2.24) is 0 Å². The van der Waals surface area contributed by atoms with Crippen LogP contribution >= 0.6 is 0 Å². The van der Waals surface area contributed by atoms with Crippen molar-refractivity contribution in [2.45, 2.75) is 156 Å². The summed E-state index contributed by atoms with van der Waals surface area (Å²) in [6, 6.07) is 15.8. The minimum Gasteiger partial charge on any atom is -0.497 e. The van der Waals surface area contributed by atoms with E-state index in [0.717, 1.165) is 11.1 Å². The van der Waals surface area contributed by atoms with Gasteiger partial charge < -0.3 is 46.7 Å². The van der Waals surface area contributed by atoms with E-state index in [4.69, 9.17) is 46.7 Å². The highest BCUT2D eigenvalue weighted by molar-refractivity contribution is 6.81. The fraction of sp³-hybridized carbons (Fsp3) is 0.619. The molecule has 0 bridgehead atoms. The molecule has 0 atom stereocenters. The first-order chi connectivity index (χ1) is 25.6. The smallest absolute Gasteiger partial charge is 0.495 e. The summed E-state index contributed by atoms with van der Waals surface area (Å²) in [6.07, 6.45) is 0. The minimum atomic E-state index is -0.958. The van der Waals surface area contributed by atoms with Crippen molar-refractivity contribution in [3.05, 3.63) is 70.6 Å². The zero-order chi connectivity index (χ0) is 41.7. The Morgan fingerprint density at radius 1 is 0.339 bits per heavy atom. The highest BCUT2D eigenvalue weighted by Gasteiger charge is 2.63. The molecule has 14 heteroatoms. The van der Waals surface area contributed by atoms with Gasteiger partial charge in [-0.2, -0.15) is 0 Å². The number of allylic oxidation sites excluding steroid dienone is 2. The van der Waals surface area contributed by atoms with Crippen molar-refractivity contribution in [2.75, 3.05) is 14.2 Å². The lowest BCUT2D eigenvalue weighted by molar-refractivity contribution is 0.00578. The van der Waals surface area contributed by atoms with Crippen LogP contribution in [0.4, 0.5) is 0 Å². The number of ether oxygens (including phenoxy) is 2. The largest absolute Gasteiger partial charge is 0.497 e. The van der Waals surface area contributed by atoms with Crippen LogP contribution in [0.5, 0.6) is 11.5 Å². The first-order valence-corrected chi connectivity index (χ1v) is 19.8. The molecule has 4 heterocycles. The van der Waals surface area contributed by atoms with Gasteiger partial charge in [-0.25, -0.2) is 0 Å². The molecular weight excluding hydrogens is 708 g/mol. The zero-order valence-corrected chi connectivity index (χ0v) is 37.0. The average Bonchev–Trinajstić information content (AvgIpc) is 3.62. The molecule has 10 nitrogen and oxygen atoms in total. The van der Waals surface area contributed by atoms with Crippen LogP contribution in [0.25, 0.3) is 10.9 Å². The SMILES string of the molecule is COc1ccc(/C(B2OC(C)(C)C(C)(C)O2)=C(B2OC(C)(C)C(C)(C)O2)\C(B2OC(C)(C)C(C)(C)O2)=C(\B2OC(C)(C)C(C)(C)O2)c2ccc(OC)cc2)cc1. The van der Waals surface area contributed by atoms with E-state index in [0.29, 0.717) is 33.4 Å². The maximum Gasteiger partial charge on any atom is 0.495 e. The van der Waals surface area contributed by atoms with Gasteiger partial charge in [0.25, 0.3) is 0 Å². The molecule has 0 N–H and O–H groups in total. The van der Waals surface area contributed by atoms with Gasteiger partial charge in [0.15, 0.2) is 0 Å². The van der Waals surface area contributed by atoms with Gasteiger partial charge in [0.05, 0.1) is 59.0 Å². The Kier molecular flexibility index (Phi) is 10.8. The third kappa shape index (κ3) is 7.36. The molecule has 6 rings (SSSR count). The quantitative estimate of drug-likeness (QED) is 0.183. The summed E-state index contributed by atoms with van der Waals surface area (Å²) in [5.41, 5.74) is -1.38. The second-order valence-electron chi connectivity index (χ2n) is 19.5. The summed E-state index contributed by atoms with van der Waals surface area (Å²) in [5, 5.41) is 0. The predicted molar refractivity (Wildman–Crippen MR) is 224 cm³/mol. The molecular formula is C42H62B4O10. The fourth-order valence-corrected chi connectivity index (χ4v) is 7.02. The number of rotatable bonds is 9. The number of methoxy groups -OCH3 is 2. The summed E-state index contributed by atoms with van der Waals surface area (Å²) in [5.74, 6) is 1.41. The molecule has 4 fully saturated rings. The molecule has 2 aromatic carbocycles. The first-order valence-electron chi connectivity index (χ1n) is 19.8. The Labute approximate surface area is 337 Å². The van der Waals surface area contributed by atoms with Crippen LogP contribution in [0, 0.1) is 0 Å². The van der Waals surface area contributed by atoms with Gasteiger partial charge in [0, 0.05) is 0 Å². The third-order valence-corrected chi connectivity index (χ3v) is 13.6. The van der Waals surface area contributed by atoms with E-state index in [-0.39, 0.29) is 0 Å². The van der Waals surface area contributed by atoms with Crippen LogP contribution in [0.1, 0.15) is 122 Å². The number of hydrogen-bond acceptors (Lipinski definition) is 10. The van der Waals surface area contributed by atoms with Gasteiger partial charge in [-0.05, 0) is 168 Å². The number of benzene rings is 2. The van der Waals surface area contributed by atoms with E-state index < -0.39 is 73.3 Å². The Morgan fingerprint density at radius 3 is 0.732 bits per heavy atom. The maximum atomic E-state index is 7.09. The van der Waals surface area contributed by atoms with Crippen molar-refractivity contribution >= 4 is 39.4 Å². The predicted octanol–water partition coefficient (Wildman–Crippen LogP) is 8.44. The summed E-state index contributed by atoms with van der Waals surface area (Å²) in [4.78, 5) is 0. The average molecular weight is 770 g/mol. The molecule has 4 aliphatic rings. The number of hydrogen-bond donors (Lipinski definition) is 0. The minimum absolute atomic E-state index is 0.631. The fourth-order valence-electron chi connectivity index (χ4n) is 7.02. The summed E-state index contributed by atoms with van der Waals surface area (Å²) >= 11 is 0. The lowest BCUT2D eigenvalue weighted by Gasteiger charge is -2.32. The van der Waals surface area contributed by atoms with Gasteiger partial charge in [0.1, 0.15) is 11.5 Å². The molecule has 0 unspecified atom stereocenters. The Bertz CT molecular complexity index is 1660. The molecule has 0 spiro atoms. The van der Waals surface area contributed by atoms with E-state index in [1.54, 1.807) is 14.2 Å². The van der Waals surface area contributed by atoms with Crippen molar-refractivity contribution in [2.24, 2.45) is 0 Å². The second kappa shape index (κ2) is 14.0. The molecule has 4 saturated heterocycles. The van der Waals surface area contributed by atoms with Crippen LogP contribution < -0.4 is 9.47 Å². The van der Waals surface area contributed by atoms with E-state index in [9.17, 15) is 0 Å². The standard InChI is InChI=1S/C42H62B4O10/c1-35(2)36(3,4)50-43(49-35)31(27-19-23-29(47-17)24-20-27)33(45-53-39(9,10)40(11,12)54-45)34(46-55-41(13,14)42(15,16)56-46)32(28-21-25-30(48-18)26-22-28)44-51-37(5,6)38(7,8)52-44/h19-26H,1-18H3/b33-31-,34-32-. The van der Waals surface area contributed by atoms with Crippen LogP contribution in [0.2, 0.25) is 0 Å². The van der Waals surface area contributed by atoms with Gasteiger partial charge in [-0.1, -0.05) is 24.3 Å². The molecule has 4 aliphatic heterocycles. The lowest BCUT2D eigenvalue weighted by atomic mass is 9.50. The normalized spacial score (nSPS) is 26.0. The summed E-state index contributed by atoms with van der Waals surface area (Å²) in [7, 11) is -0.367. The van der Waals surface area contributed by atoms with E-state index in [1.165, 1.54) is 0 Å². The molecule has 302 valence electrons. The summed E-state index contributed by atoms with van der Waals surface area (Å²) < 4.78 is 67.5. The molecule has 2 aromatic rings. The van der Waals surface area contributed by atoms with Crippen LogP contribution in [0.15, 0.2) is 59.5 Å². The van der Waals surface area contributed by atoms with Crippen molar-refractivity contribution in [3.63, 3.8) is 0 Å². The Hall–Kier alpha value is -2.54. The highest BCUT2D eigenvalue weighted by atomic mass is 16.7. The van der Waals surface area contributed by atoms with Crippen LogP contribution in [-0.4, -0.2) is 87.5 Å². The van der Waals surface area contributed by atoms with Gasteiger partial charge >= 0.3 is 28.5 Å². The molecule has 0 aromatic heterocycles. The lowest BCUT2D eigenvalue weighted by Crippen LogP contribution is -2.41. The zero-order valence-electron chi connectivity index (χ0n) is 37.0. The van der Waals surface area contributed by atoms with Crippen molar-refractivity contribution < 1.29 is 46.7 Å². The van der Waals surface area contributed by atoms with Crippen LogP contribution in [0.3, 0.4) is 0 Å². The first kappa shape index (κ1) is 43.0. The summed E-state index contributed by atoms with van der Waals surface area (Å²) in [6.45, 7) is 32.7. The van der Waals surface area contributed by atoms with Crippen LogP contribution in [-0.2, 0) is 37.2 Å². The van der Waals surface area contributed by atoms with Crippen molar-refractivity contribution in [3.8, 4) is 11.5 Å². The highest BCUT2D eigenvalue weighted by Crippen LogP contribution is 2.51. The Balaban J connectivity index is 1.82. The maximum absolute atomic E-state index is 7.09. The third-order valence-electron chi connectivity index (χ3n) is 13.6. The second-order valence-corrected chi connectivity index (χ2v) is 19.5. The molecule has 0 amide bonds. The van der Waals surface area contributed by atoms with E-state index in [2.05, 4.69) is 0 Å². The van der Waals surface area contributed by atoms with Gasteiger partial charge in [-0.3, -0.25) is 0 Å².